The van der Waals surface area contributed by atoms with Crippen molar-refractivity contribution in [3.05, 3.63) is 0 Å². The van der Waals surface area contributed by atoms with Crippen molar-refractivity contribution in [1.29, 1.82) is 0 Å². The van der Waals surface area contributed by atoms with Gasteiger partial charge in [-0.2, -0.15) is 13.2 Å². The summed E-state index contributed by atoms with van der Waals surface area (Å²) in [5.41, 5.74) is 0. The average molecular weight is 230 g/mol. The van der Waals surface area contributed by atoms with E-state index < -0.39 is 18.5 Å². The molecule has 0 bridgehead atoms. The molecule has 3 nitrogen and oxygen atoms in total. The molecule has 15 heavy (non-hydrogen) atoms. The Morgan fingerprint density at radius 1 is 0.933 bits per heavy atom. The maximum absolute atomic E-state index is 12.3. The summed E-state index contributed by atoms with van der Waals surface area (Å²) in [4.78, 5) is 0. The molecule has 0 saturated heterocycles. The number of quaternary nitrogens is 1. The molecule has 0 aromatic heterocycles. The second-order valence-corrected chi connectivity index (χ2v) is 3.76. The summed E-state index contributed by atoms with van der Waals surface area (Å²) in [6.07, 6.45) is -5.00. The van der Waals surface area contributed by atoms with Crippen LogP contribution in [0, 0.1) is 0 Å². The number of alkyl halides is 3. The van der Waals surface area contributed by atoms with Crippen LogP contribution in [-0.4, -0.2) is 52.8 Å². The number of hydrogen-bond donors (Lipinski definition) is 2. The minimum Gasteiger partial charge on any atom is -0.354 e. The summed E-state index contributed by atoms with van der Waals surface area (Å²) in [5.74, 6) is -3.60. The molecular weight excluding hydrogens is 211 g/mol. The van der Waals surface area contributed by atoms with Gasteiger partial charge in [0.15, 0.2) is 0 Å². The Balaban J connectivity index is 4.82. The second kappa shape index (κ2) is 4.67. The van der Waals surface area contributed by atoms with Gasteiger partial charge in [0.05, 0.1) is 19.6 Å². The van der Waals surface area contributed by atoms with Gasteiger partial charge in [0.1, 0.15) is 6.54 Å². The van der Waals surface area contributed by atoms with E-state index in [1.165, 1.54) is 0 Å². The zero-order valence-corrected chi connectivity index (χ0v) is 9.30. The van der Waals surface area contributed by atoms with E-state index in [2.05, 4.69) is 0 Å². The Morgan fingerprint density at radius 3 is 1.47 bits per heavy atom. The van der Waals surface area contributed by atoms with Crippen LogP contribution in [0.4, 0.5) is 13.2 Å². The average Bonchev–Trinajstić information content (AvgIpc) is 2.12. The Bertz CT molecular complexity index is 192. The van der Waals surface area contributed by atoms with Crippen molar-refractivity contribution < 1.29 is 27.9 Å². The molecule has 6 heteroatoms. The van der Waals surface area contributed by atoms with E-state index >= 15 is 0 Å². The smallest absolute Gasteiger partial charge is 0.354 e. The first-order chi connectivity index (χ1) is 6.64. The number of halogens is 3. The number of hydrogen-bond acceptors (Lipinski definition) is 2. The standard InChI is InChI=1S/C9H19F3NO2/c1-4-13(5-2,6-3)7-8(14,15)9(10,11)12/h14-15H,4-7H2,1-3H3/q+1. The molecule has 92 valence electrons. The quantitative estimate of drug-likeness (QED) is 0.548. The van der Waals surface area contributed by atoms with Crippen LogP contribution in [0.2, 0.25) is 0 Å². The number of aliphatic hydroxyl groups is 2. The van der Waals surface area contributed by atoms with E-state index in [1.807, 2.05) is 0 Å². The molecule has 0 heterocycles. The maximum Gasteiger partial charge on any atom is 0.449 e. The summed E-state index contributed by atoms with van der Waals surface area (Å²) in [7, 11) is 0. The molecule has 0 aliphatic heterocycles. The van der Waals surface area contributed by atoms with Crippen molar-refractivity contribution in [2.24, 2.45) is 0 Å². The summed E-state index contributed by atoms with van der Waals surface area (Å²) in [5, 5.41) is 18.0. The Hall–Kier alpha value is -0.330. The molecule has 0 fully saturated rings. The molecule has 0 aliphatic carbocycles. The molecule has 0 saturated carbocycles. The van der Waals surface area contributed by atoms with Crippen molar-refractivity contribution in [2.45, 2.75) is 32.7 Å². The summed E-state index contributed by atoms with van der Waals surface area (Å²) < 4.78 is 36.8. The zero-order valence-electron chi connectivity index (χ0n) is 9.30. The lowest BCUT2D eigenvalue weighted by Crippen LogP contribution is -2.61. The fraction of sp³-hybridized carbons (Fsp3) is 1.00. The van der Waals surface area contributed by atoms with Gasteiger partial charge in [0.25, 0.3) is 0 Å². The minimum atomic E-state index is -5.00. The van der Waals surface area contributed by atoms with Gasteiger partial charge in [-0.15, -0.1) is 0 Å². The van der Waals surface area contributed by atoms with Crippen LogP contribution in [0.15, 0.2) is 0 Å². The normalized spacial score (nSPS) is 14.4. The predicted molar refractivity (Wildman–Crippen MR) is 50.0 cm³/mol. The van der Waals surface area contributed by atoms with Gasteiger partial charge in [-0.25, -0.2) is 0 Å². The highest BCUT2D eigenvalue weighted by molar-refractivity contribution is 4.74. The maximum atomic E-state index is 12.3. The van der Waals surface area contributed by atoms with Crippen molar-refractivity contribution in [2.75, 3.05) is 26.2 Å². The van der Waals surface area contributed by atoms with Gasteiger partial charge in [-0.3, -0.25) is 0 Å². The molecule has 0 aromatic rings. The van der Waals surface area contributed by atoms with Crippen molar-refractivity contribution in [3.63, 3.8) is 0 Å². The molecule has 0 spiro atoms. The van der Waals surface area contributed by atoms with E-state index in [-0.39, 0.29) is 4.48 Å². The van der Waals surface area contributed by atoms with Crippen molar-refractivity contribution >= 4 is 0 Å². The highest BCUT2D eigenvalue weighted by atomic mass is 19.4. The monoisotopic (exact) mass is 230 g/mol. The van der Waals surface area contributed by atoms with Gasteiger partial charge in [0.2, 0.25) is 0 Å². The van der Waals surface area contributed by atoms with Gasteiger partial charge < -0.3 is 14.7 Å². The first kappa shape index (κ1) is 14.7. The lowest BCUT2D eigenvalue weighted by atomic mass is 10.2. The summed E-state index contributed by atoms with van der Waals surface area (Å²) in [6, 6.07) is 0. The van der Waals surface area contributed by atoms with Crippen LogP contribution in [0.5, 0.6) is 0 Å². The molecule has 0 amide bonds. The lowest BCUT2D eigenvalue weighted by Gasteiger charge is -2.40. The van der Waals surface area contributed by atoms with Crippen LogP contribution < -0.4 is 0 Å². The summed E-state index contributed by atoms with van der Waals surface area (Å²) >= 11 is 0. The third kappa shape index (κ3) is 3.32. The fourth-order valence-corrected chi connectivity index (χ4v) is 1.56. The molecule has 0 aliphatic rings. The predicted octanol–water partition coefficient (Wildman–Crippen LogP) is 1.11. The van der Waals surface area contributed by atoms with E-state index in [9.17, 15) is 13.2 Å². The van der Waals surface area contributed by atoms with Crippen LogP contribution in [-0.2, 0) is 0 Å². The second-order valence-electron chi connectivity index (χ2n) is 3.76. The summed E-state index contributed by atoms with van der Waals surface area (Å²) in [6.45, 7) is 5.79. The molecule has 0 aromatic carbocycles. The Labute approximate surface area is 87.7 Å². The molecule has 0 radical (unpaired) electrons. The fourth-order valence-electron chi connectivity index (χ4n) is 1.56. The topological polar surface area (TPSA) is 40.5 Å². The van der Waals surface area contributed by atoms with Crippen molar-refractivity contribution in [1.82, 2.24) is 0 Å². The molecule has 0 unspecified atom stereocenters. The first-order valence-electron chi connectivity index (χ1n) is 5.00. The van der Waals surface area contributed by atoms with Crippen LogP contribution in [0.1, 0.15) is 20.8 Å². The molecule has 0 rings (SSSR count). The Kier molecular flexibility index (Phi) is 4.57. The minimum absolute atomic E-state index is 0.0342. The number of nitrogens with zero attached hydrogens (tertiary/aromatic N) is 1. The SMILES string of the molecule is CC[N+](CC)(CC)CC(O)(O)C(F)(F)F. The van der Waals surface area contributed by atoms with E-state index in [1.54, 1.807) is 20.8 Å². The highest BCUT2D eigenvalue weighted by Crippen LogP contribution is 2.30. The largest absolute Gasteiger partial charge is 0.449 e. The third-order valence-electron chi connectivity index (χ3n) is 3.02. The van der Waals surface area contributed by atoms with Gasteiger partial charge in [-0.1, -0.05) is 0 Å². The molecular formula is C9H19F3NO2+. The number of likely N-dealkylation sites (N-methyl/N-ethyl adjacent to an activating group) is 1. The van der Waals surface area contributed by atoms with E-state index in [4.69, 9.17) is 10.2 Å². The van der Waals surface area contributed by atoms with E-state index in [0.717, 1.165) is 0 Å². The lowest BCUT2D eigenvalue weighted by molar-refractivity contribution is -0.934. The van der Waals surface area contributed by atoms with Gasteiger partial charge in [0, 0.05) is 0 Å². The first-order valence-corrected chi connectivity index (χ1v) is 5.00. The van der Waals surface area contributed by atoms with Crippen LogP contribution in [0.3, 0.4) is 0 Å². The third-order valence-corrected chi connectivity index (χ3v) is 3.02. The van der Waals surface area contributed by atoms with Crippen molar-refractivity contribution in [3.8, 4) is 0 Å². The number of rotatable bonds is 5. The zero-order chi connectivity index (χ0) is 12.3. The van der Waals surface area contributed by atoms with Crippen LogP contribution >= 0.6 is 0 Å². The molecule has 2 N–H and O–H groups in total. The van der Waals surface area contributed by atoms with Gasteiger partial charge in [-0.05, 0) is 20.8 Å². The van der Waals surface area contributed by atoms with Gasteiger partial charge >= 0.3 is 12.0 Å². The Morgan fingerprint density at radius 2 is 1.27 bits per heavy atom. The van der Waals surface area contributed by atoms with E-state index in [0.29, 0.717) is 19.6 Å². The molecule has 0 atom stereocenters. The highest BCUT2D eigenvalue weighted by Gasteiger charge is 2.57. The van der Waals surface area contributed by atoms with Crippen LogP contribution in [0.25, 0.3) is 0 Å².